The van der Waals surface area contributed by atoms with Crippen LogP contribution in [0.5, 0.6) is 0 Å². The number of piperazine rings is 1. The lowest BCUT2D eigenvalue weighted by atomic mass is 10.2. The lowest BCUT2D eigenvalue weighted by molar-refractivity contribution is -0.384. The van der Waals surface area contributed by atoms with E-state index in [-0.39, 0.29) is 28.9 Å². The first-order chi connectivity index (χ1) is 16.5. The molecule has 1 aromatic carbocycles. The zero-order valence-electron chi connectivity index (χ0n) is 17.7. The van der Waals surface area contributed by atoms with Crippen LogP contribution in [0.15, 0.2) is 63.8 Å². The van der Waals surface area contributed by atoms with Gasteiger partial charge in [0.05, 0.1) is 16.9 Å². The second-order valence-electron chi connectivity index (χ2n) is 7.46. The first kappa shape index (κ1) is 21.0. The van der Waals surface area contributed by atoms with E-state index in [2.05, 4.69) is 10.1 Å². The van der Waals surface area contributed by atoms with Gasteiger partial charge >= 0.3 is 0 Å². The van der Waals surface area contributed by atoms with Gasteiger partial charge in [0.1, 0.15) is 6.07 Å². The van der Waals surface area contributed by atoms with Crippen LogP contribution in [0.4, 0.5) is 11.6 Å². The largest absolute Gasteiger partial charge is 0.459 e. The summed E-state index contributed by atoms with van der Waals surface area (Å²) in [5, 5.41) is 24.8. The third-order valence-electron chi connectivity index (χ3n) is 5.41. The summed E-state index contributed by atoms with van der Waals surface area (Å²) < 4.78 is 12.5. The fraction of sp³-hybridized carbons (Fsp3) is 0.182. The molecule has 0 N–H and O–H groups in total. The summed E-state index contributed by atoms with van der Waals surface area (Å²) in [6.45, 7) is 1.67. The van der Waals surface area contributed by atoms with Gasteiger partial charge in [0.2, 0.25) is 11.6 Å². The number of carbonyl (C=O) groups excluding carboxylic acids is 1. The molecule has 0 bridgehead atoms. The van der Waals surface area contributed by atoms with Gasteiger partial charge in [-0.25, -0.2) is 4.68 Å². The van der Waals surface area contributed by atoms with Gasteiger partial charge in [-0.15, -0.1) is 0 Å². The quantitative estimate of drug-likeness (QED) is 0.324. The Bertz CT molecular complexity index is 1390. The van der Waals surface area contributed by atoms with Crippen molar-refractivity contribution < 1.29 is 18.6 Å². The van der Waals surface area contributed by atoms with Crippen LogP contribution in [0.1, 0.15) is 16.2 Å². The highest BCUT2D eigenvalue weighted by Gasteiger charge is 2.28. The Hall–Kier alpha value is -4.92. The smallest absolute Gasteiger partial charge is 0.274 e. The molecule has 0 unspecified atom stereocenters. The number of hydrogen-bond acceptors (Lipinski definition) is 9. The van der Waals surface area contributed by atoms with Crippen molar-refractivity contribution in [3.05, 3.63) is 76.4 Å². The summed E-state index contributed by atoms with van der Waals surface area (Å²) in [6, 6.07) is 13.0. The molecule has 0 radical (unpaired) electrons. The average molecular weight is 459 g/mol. The highest BCUT2D eigenvalue weighted by atomic mass is 16.6. The van der Waals surface area contributed by atoms with E-state index in [9.17, 15) is 20.2 Å². The van der Waals surface area contributed by atoms with Gasteiger partial charge in [-0.1, -0.05) is 6.07 Å². The number of furan rings is 1. The molecule has 5 rings (SSSR count). The summed E-state index contributed by atoms with van der Waals surface area (Å²) >= 11 is 0. The molecule has 34 heavy (non-hydrogen) atoms. The van der Waals surface area contributed by atoms with Crippen LogP contribution in [-0.2, 0) is 0 Å². The van der Waals surface area contributed by atoms with E-state index in [1.165, 1.54) is 23.1 Å². The predicted molar refractivity (Wildman–Crippen MR) is 117 cm³/mol. The number of benzene rings is 1. The molecule has 170 valence electrons. The molecule has 12 nitrogen and oxygen atoms in total. The Balaban J connectivity index is 1.27. The molecule has 3 aromatic heterocycles. The number of anilines is 1. The number of nitrogens with zero attached hydrogens (tertiary/aromatic N) is 7. The van der Waals surface area contributed by atoms with Crippen LogP contribution in [-0.4, -0.2) is 56.7 Å². The minimum absolute atomic E-state index is 0.0589. The Morgan fingerprint density at radius 3 is 2.68 bits per heavy atom. The number of nitro groups is 1. The average Bonchev–Trinajstić information content (AvgIpc) is 3.64. The van der Waals surface area contributed by atoms with Crippen molar-refractivity contribution in [2.45, 2.75) is 0 Å². The van der Waals surface area contributed by atoms with Crippen molar-refractivity contribution in [3.8, 4) is 23.4 Å². The third-order valence-corrected chi connectivity index (χ3v) is 5.41. The molecule has 12 heteroatoms. The van der Waals surface area contributed by atoms with E-state index >= 15 is 0 Å². The van der Waals surface area contributed by atoms with Crippen LogP contribution in [0.2, 0.25) is 0 Å². The maximum Gasteiger partial charge on any atom is 0.274 e. The molecule has 0 spiro atoms. The van der Waals surface area contributed by atoms with Crippen molar-refractivity contribution in [1.82, 2.24) is 19.7 Å². The van der Waals surface area contributed by atoms with Gasteiger partial charge in [0, 0.05) is 44.5 Å². The number of oxazole rings is 1. The summed E-state index contributed by atoms with van der Waals surface area (Å²) in [6.07, 6.45) is 3.09. The van der Waals surface area contributed by atoms with Crippen LogP contribution in [0.3, 0.4) is 0 Å². The van der Waals surface area contributed by atoms with Gasteiger partial charge in [-0.2, -0.15) is 15.3 Å². The number of rotatable bonds is 5. The second kappa shape index (κ2) is 8.55. The molecule has 1 aliphatic heterocycles. The summed E-state index contributed by atoms with van der Waals surface area (Å²) in [5.74, 6) is 0.742. The Morgan fingerprint density at radius 1 is 1.15 bits per heavy atom. The maximum atomic E-state index is 13.0. The number of aromatic nitrogens is 3. The lowest BCUT2D eigenvalue weighted by Crippen LogP contribution is -2.49. The van der Waals surface area contributed by atoms with E-state index in [1.54, 1.807) is 41.4 Å². The first-order valence-corrected chi connectivity index (χ1v) is 10.3. The number of amides is 1. The van der Waals surface area contributed by atoms with Crippen molar-refractivity contribution in [2.24, 2.45) is 0 Å². The van der Waals surface area contributed by atoms with Crippen LogP contribution >= 0.6 is 0 Å². The molecule has 0 atom stereocenters. The van der Waals surface area contributed by atoms with Gasteiger partial charge < -0.3 is 18.6 Å². The van der Waals surface area contributed by atoms with Crippen molar-refractivity contribution >= 4 is 17.5 Å². The van der Waals surface area contributed by atoms with Crippen LogP contribution < -0.4 is 4.90 Å². The SMILES string of the molecule is N#Cc1nc(-c2ccco2)oc1N1CCN(C(=O)c2ccn(-c3cccc([N+](=O)[O-])c3)n2)CC1. The first-order valence-electron chi connectivity index (χ1n) is 10.3. The number of hydrogen-bond donors (Lipinski definition) is 0. The molecule has 1 amide bonds. The normalized spacial score (nSPS) is 13.6. The maximum absolute atomic E-state index is 13.0. The van der Waals surface area contributed by atoms with Crippen LogP contribution in [0, 0.1) is 21.4 Å². The number of nitro benzene ring substituents is 1. The van der Waals surface area contributed by atoms with Gasteiger partial charge in [-0.05, 0) is 24.3 Å². The van der Waals surface area contributed by atoms with Crippen molar-refractivity contribution in [2.75, 3.05) is 31.1 Å². The Kier molecular flexibility index (Phi) is 5.27. The zero-order chi connectivity index (χ0) is 23.7. The molecule has 0 saturated carbocycles. The minimum atomic E-state index is -0.484. The van der Waals surface area contributed by atoms with E-state index in [0.29, 0.717) is 43.5 Å². The van der Waals surface area contributed by atoms with Gasteiger partial charge in [-0.3, -0.25) is 14.9 Å². The zero-order valence-corrected chi connectivity index (χ0v) is 17.7. The fourth-order valence-corrected chi connectivity index (χ4v) is 3.71. The molecular formula is C22H17N7O5. The van der Waals surface area contributed by atoms with E-state index in [1.807, 2.05) is 11.0 Å². The fourth-order valence-electron chi connectivity index (χ4n) is 3.71. The molecular weight excluding hydrogens is 442 g/mol. The lowest BCUT2D eigenvalue weighted by Gasteiger charge is -2.34. The van der Waals surface area contributed by atoms with Gasteiger partial charge in [0.15, 0.2) is 11.5 Å². The number of non-ortho nitro benzene ring substituents is 1. The molecule has 1 fully saturated rings. The molecule has 4 heterocycles. The van der Waals surface area contributed by atoms with Crippen molar-refractivity contribution in [1.29, 1.82) is 5.26 Å². The highest BCUT2D eigenvalue weighted by Crippen LogP contribution is 2.29. The van der Waals surface area contributed by atoms with E-state index < -0.39 is 4.92 Å². The minimum Gasteiger partial charge on any atom is -0.459 e. The topological polar surface area (TPSA) is 147 Å². The summed E-state index contributed by atoms with van der Waals surface area (Å²) in [7, 11) is 0. The van der Waals surface area contributed by atoms with E-state index in [0.717, 1.165) is 0 Å². The number of nitriles is 1. The predicted octanol–water partition coefficient (Wildman–Crippen LogP) is 2.86. The molecule has 1 saturated heterocycles. The second-order valence-corrected chi connectivity index (χ2v) is 7.46. The molecule has 4 aromatic rings. The van der Waals surface area contributed by atoms with E-state index in [4.69, 9.17) is 8.83 Å². The standard InChI is InChI=1S/C22H17N7O5/c23-14-18-22(34-20(24-18)19-5-2-12-33-19)27-10-8-26(9-11-27)21(30)17-6-7-28(25-17)15-3-1-4-16(13-15)29(31)32/h1-7,12-13H,8-11H2. The highest BCUT2D eigenvalue weighted by molar-refractivity contribution is 5.92. The number of carbonyl (C=O) groups is 1. The van der Waals surface area contributed by atoms with Gasteiger partial charge in [0.25, 0.3) is 17.5 Å². The molecule has 0 aliphatic carbocycles. The van der Waals surface area contributed by atoms with Crippen LogP contribution in [0.25, 0.3) is 17.3 Å². The third kappa shape index (κ3) is 3.86. The molecule has 1 aliphatic rings. The Labute approximate surface area is 192 Å². The summed E-state index contributed by atoms with van der Waals surface area (Å²) in [5.41, 5.74) is 0.815. The van der Waals surface area contributed by atoms with Crippen molar-refractivity contribution in [3.63, 3.8) is 0 Å². The monoisotopic (exact) mass is 459 g/mol. The Morgan fingerprint density at radius 2 is 1.97 bits per heavy atom. The summed E-state index contributed by atoms with van der Waals surface area (Å²) in [4.78, 5) is 31.2.